The van der Waals surface area contributed by atoms with Gasteiger partial charge in [-0.3, -0.25) is 9.69 Å². The summed E-state index contributed by atoms with van der Waals surface area (Å²) >= 11 is 0. The summed E-state index contributed by atoms with van der Waals surface area (Å²) in [5, 5.41) is 9.08. The summed E-state index contributed by atoms with van der Waals surface area (Å²) in [6, 6.07) is 6.67. The fraction of sp³-hybridized carbons (Fsp3) is 0.533. The van der Waals surface area contributed by atoms with Gasteiger partial charge in [0.05, 0.1) is 6.54 Å². The number of carbonyl (C=O) groups is 1. The van der Waals surface area contributed by atoms with E-state index in [2.05, 4.69) is 0 Å². The summed E-state index contributed by atoms with van der Waals surface area (Å²) in [5.74, 6) is -1.07. The minimum Gasteiger partial charge on any atom is -0.480 e. The van der Waals surface area contributed by atoms with Gasteiger partial charge in [0.1, 0.15) is 5.82 Å². The highest BCUT2D eigenvalue weighted by atomic mass is 19.1. The molecule has 2 rings (SSSR count). The molecule has 104 valence electrons. The number of benzene rings is 1. The van der Waals surface area contributed by atoms with E-state index in [-0.39, 0.29) is 18.4 Å². The van der Waals surface area contributed by atoms with E-state index in [1.54, 1.807) is 12.1 Å². The zero-order chi connectivity index (χ0) is 13.8. The number of hydrogen-bond donors (Lipinski definition) is 1. The molecular weight excluding hydrogens is 245 g/mol. The molecule has 1 aliphatic carbocycles. The number of halogens is 1. The second kappa shape index (κ2) is 6.15. The first kappa shape index (κ1) is 14.0. The van der Waals surface area contributed by atoms with E-state index >= 15 is 0 Å². The topological polar surface area (TPSA) is 40.5 Å². The minimum atomic E-state index is -0.805. The van der Waals surface area contributed by atoms with Crippen LogP contribution in [0.4, 0.5) is 4.39 Å². The first-order valence-electron chi connectivity index (χ1n) is 6.81. The Kier molecular flexibility index (Phi) is 4.53. The van der Waals surface area contributed by atoms with Crippen molar-refractivity contribution in [1.82, 2.24) is 4.90 Å². The molecule has 0 amide bonds. The Balaban J connectivity index is 2.16. The lowest BCUT2D eigenvalue weighted by atomic mass is 10.0. The zero-order valence-corrected chi connectivity index (χ0v) is 11.2. The van der Waals surface area contributed by atoms with Gasteiger partial charge in [0.25, 0.3) is 0 Å². The largest absolute Gasteiger partial charge is 0.480 e. The molecule has 0 bridgehead atoms. The van der Waals surface area contributed by atoms with Gasteiger partial charge in [-0.1, -0.05) is 25.0 Å². The van der Waals surface area contributed by atoms with Crippen LogP contribution in [0.1, 0.15) is 44.2 Å². The molecule has 1 aliphatic rings. The van der Waals surface area contributed by atoms with Gasteiger partial charge < -0.3 is 5.11 Å². The molecule has 1 fully saturated rings. The molecule has 0 radical (unpaired) electrons. The highest BCUT2D eigenvalue weighted by Crippen LogP contribution is 2.30. The molecule has 1 aromatic carbocycles. The number of rotatable bonds is 5. The Labute approximate surface area is 113 Å². The first-order chi connectivity index (χ1) is 9.08. The lowest BCUT2D eigenvalue weighted by molar-refractivity contribution is -0.139. The highest BCUT2D eigenvalue weighted by molar-refractivity contribution is 5.69. The van der Waals surface area contributed by atoms with Gasteiger partial charge in [-0.05, 0) is 37.5 Å². The lowest BCUT2D eigenvalue weighted by Crippen LogP contribution is -2.39. The van der Waals surface area contributed by atoms with Crippen LogP contribution in [0.15, 0.2) is 24.3 Å². The van der Waals surface area contributed by atoms with E-state index in [9.17, 15) is 9.18 Å². The molecule has 4 heteroatoms. The second-order valence-electron chi connectivity index (χ2n) is 5.23. The van der Waals surface area contributed by atoms with E-state index in [0.29, 0.717) is 6.04 Å². The average molecular weight is 265 g/mol. The van der Waals surface area contributed by atoms with Crippen LogP contribution >= 0.6 is 0 Å². The van der Waals surface area contributed by atoms with Crippen LogP contribution in [0.2, 0.25) is 0 Å². The van der Waals surface area contributed by atoms with E-state index in [1.165, 1.54) is 12.1 Å². The van der Waals surface area contributed by atoms with Crippen molar-refractivity contribution in [2.24, 2.45) is 0 Å². The van der Waals surface area contributed by atoms with Crippen molar-refractivity contribution in [3.8, 4) is 0 Å². The second-order valence-corrected chi connectivity index (χ2v) is 5.23. The van der Waals surface area contributed by atoms with Crippen LogP contribution in [0.3, 0.4) is 0 Å². The van der Waals surface area contributed by atoms with Gasteiger partial charge in [0, 0.05) is 12.1 Å². The van der Waals surface area contributed by atoms with Gasteiger partial charge in [-0.25, -0.2) is 4.39 Å². The van der Waals surface area contributed by atoms with Crippen molar-refractivity contribution in [2.45, 2.75) is 44.7 Å². The summed E-state index contributed by atoms with van der Waals surface area (Å²) in [6.07, 6.45) is 4.44. The normalized spacial score (nSPS) is 17.8. The van der Waals surface area contributed by atoms with Crippen molar-refractivity contribution in [1.29, 1.82) is 0 Å². The van der Waals surface area contributed by atoms with Crippen LogP contribution in [-0.2, 0) is 4.79 Å². The first-order valence-corrected chi connectivity index (χ1v) is 6.81. The van der Waals surface area contributed by atoms with Crippen molar-refractivity contribution in [3.05, 3.63) is 35.6 Å². The fourth-order valence-corrected chi connectivity index (χ4v) is 2.91. The van der Waals surface area contributed by atoms with E-state index in [1.807, 2.05) is 11.8 Å². The number of carboxylic acid groups (broad SMARTS) is 1. The zero-order valence-electron chi connectivity index (χ0n) is 11.2. The molecule has 0 aromatic heterocycles. The Morgan fingerprint density at radius 2 is 1.95 bits per heavy atom. The third-order valence-electron chi connectivity index (χ3n) is 3.96. The summed E-state index contributed by atoms with van der Waals surface area (Å²) in [6.45, 7) is 2.04. The van der Waals surface area contributed by atoms with Gasteiger partial charge in [-0.15, -0.1) is 0 Å². The standard InChI is InChI=1S/C15H20FNO2/c1-11(12-6-8-13(16)9-7-12)17(10-15(18)19)14-4-2-3-5-14/h6-9,11,14H,2-5,10H2,1H3,(H,18,19). The molecule has 1 N–H and O–H groups in total. The van der Waals surface area contributed by atoms with Gasteiger partial charge in [0.2, 0.25) is 0 Å². The predicted molar refractivity (Wildman–Crippen MR) is 71.4 cm³/mol. The SMILES string of the molecule is CC(c1ccc(F)cc1)N(CC(=O)O)C1CCCC1. The molecule has 0 spiro atoms. The summed E-state index contributed by atoms with van der Waals surface area (Å²) < 4.78 is 13.0. The van der Waals surface area contributed by atoms with E-state index < -0.39 is 5.97 Å². The molecule has 3 nitrogen and oxygen atoms in total. The Bertz CT molecular complexity index is 426. The Hall–Kier alpha value is -1.42. The molecule has 0 aliphatic heterocycles. The monoisotopic (exact) mass is 265 g/mol. The van der Waals surface area contributed by atoms with Gasteiger partial charge >= 0.3 is 5.97 Å². The van der Waals surface area contributed by atoms with Crippen LogP contribution in [0, 0.1) is 5.82 Å². The molecule has 0 saturated heterocycles. The Morgan fingerprint density at radius 3 is 2.47 bits per heavy atom. The number of nitrogens with zero attached hydrogens (tertiary/aromatic N) is 1. The molecule has 1 atom stereocenters. The maximum absolute atomic E-state index is 13.0. The van der Waals surface area contributed by atoms with Crippen molar-refractivity contribution < 1.29 is 14.3 Å². The quantitative estimate of drug-likeness (QED) is 0.888. The lowest BCUT2D eigenvalue weighted by Gasteiger charge is -2.33. The van der Waals surface area contributed by atoms with Gasteiger partial charge in [-0.2, -0.15) is 0 Å². The minimum absolute atomic E-state index is 0.000185. The summed E-state index contributed by atoms with van der Waals surface area (Å²) in [4.78, 5) is 13.1. The summed E-state index contributed by atoms with van der Waals surface area (Å²) in [7, 11) is 0. The van der Waals surface area contributed by atoms with E-state index in [0.717, 1.165) is 31.2 Å². The van der Waals surface area contributed by atoms with Crippen molar-refractivity contribution >= 4 is 5.97 Å². The van der Waals surface area contributed by atoms with Crippen molar-refractivity contribution in [3.63, 3.8) is 0 Å². The third kappa shape index (κ3) is 3.53. The number of hydrogen-bond acceptors (Lipinski definition) is 2. The highest BCUT2D eigenvalue weighted by Gasteiger charge is 2.28. The fourth-order valence-electron chi connectivity index (χ4n) is 2.91. The van der Waals surface area contributed by atoms with Gasteiger partial charge in [0.15, 0.2) is 0 Å². The third-order valence-corrected chi connectivity index (χ3v) is 3.96. The molecule has 0 heterocycles. The van der Waals surface area contributed by atoms with E-state index in [4.69, 9.17) is 5.11 Å². The van der Waals surface area contributed by atoms with Crippen molar-refractivity contribution in [2.75, 3.05) is 6.54 Å². The number of aliphatic carboxylic acids is 1. The molecule has 19 heavy (non-hydrogen) atoms. The average Bonchev–Trinajstić information content (AvgIpc) is 2.89. The molecule has 1 unspecified atom stereocenters. The molecule has 1 saturated carbocycles. The van der Waals surface area contributed by atoms with Crippen LogP contribution < -0.4 is 0 Å². The summed E-state index contributed by atoms with van der Waals surface area (Å²) in [5.41, 5.74) is 0.967. The van der Waals surface area contributed by atoms with Crippen LogP contribution in [0.5, 0.6) is 0 Å². The van der Waals surface area contributed by atoms with Crippen LogP contribution in [-0.4, -0.2) is 28.6 Å². The maximum atomic E-state index is 13.0. The molecule has 1 aromatic rings. The smallest absolute Gasteiger partial charge is 0.317 e. The number of carboxylic acids is 1. The van der Waals surface area contributed by atoms with Crippen LogP contribution in [0.25, 0.3) is 0 Å². The predicted octanol–water partition coefficient (Wildman–Crippen LogP) is 3.22. The maximum Gasteiger partial charge on any atom is 0.317 e. The molecular formula is C15H20FNO2. The Morgan fingerprint density at radius 1 is 1.37 bits per heavy atom.